The fraction of sp³-hybridized carbons (Fsp3) is 0.917. The third kappa shape index (κ3) is 2.55. The molecule has 2 atom stereocenters. The summed E-state index contributed by atoms with van der Waals surface area (Å²) in [7, 11) is 0. The van der Waals surface area contributed by atoms with Gasteiger partial charge >= 0.3 is 6.09 Å². The highest BCUT2D eigenvalue weighted by Crippen LogP contribution is 2.37. The molecule has 2 rings (SSSR count). The number of carbonyl (C=O) groups excluding carboxylic acids is 1. The zero-order valence-electron chi connectivity index (χ0n) is 10.9. The number of carbonyl (C=O) groups is 1. The summed E-state index contributed by atoms with van der Waals surface area (Å²) in [6.45, 7) is 7.31. The fourth-order valence-corrected chi connectivity index (χ4v) is 2.30. The Morgan fingerprint density at radius 1 is 1.53 bits per heavy atom. The first-order valence-corrected chi connectivity index (χ1v) is 6.20. The van der Waals surface area contributed by atoms with Crippen molar-refractivity contribution in [2.24, 2.45) is 5.73 Å². The minimum absolute atomic E-state index is 0.0488. The van der Waals surface area contributed by atoms with Crippen LogP contribution in [0.2, 0.25) is 0 Å². The minimum Gasteiger partial charge on any atom is -0.444 e. The van der Waals surface area contributed by atoms with Crippen LogP contribution in [0.15, 0.2) is 0 Å². The van der Waals surface area contributed by atoms with Crippen molar-refractivity contribution in [1.82, 2.24) is 4.90 Å². The maximum Gasteiger partial charge on any atom is 0.410 e. The highest BCUT2D eigenvalue weighted by molar-refractivity contribution is 5.68. The zero-order chi connectivity index (χ0) is 12.7. The summed E-state index contributed by atoms with van der Waals surface area (Å²) >= 11 is 0. The summed E-state index contributed by atoms with van der Waals surface area (Å²) in [5.41, 5.74) is 5.21. The smallest absolute Gasteiger partial charge is 0.410 e. The van der Waals surface area contributed by atoms with Gasteiger partial charge in [0.25, 0.3) is 0 Å². The first-order chi connectivity index (χ1) is 7.82. The Morgan fingerprint density at radius 2 is 2.24 bits per heavy atom. The van der Waals surface area contributed by atoms with E-state index in [4.69, 9.17) is 15.2 Å². The zero-order valence-corrected chi connectivity index (χ0v) is 10.9. The topological polar surface area (TPSA) is 64.8 Å². The van der Waals surface area contributed by atoms with Crippen molar-refractivity contribution in [3.63, 3.8) is 0 Å². The van der Waals surface area contributed by atoms with Crippen molar-refractivity contribution in [2.45, 2.75) is 50.9 Å². The van der Waals surface area contributed by atoms with E-state index in [1.807, 2.05) is 20.8 Å². The highest BCUT2D eigenvalue weighted by atomic mass is 16.6. The van der Waals surface area contributed by atoms with E-state index in [0.29, 0.717) is 19.7 Å². The van der Waals surface area contributed by atoms with Gasteiger partial charge in [-0.15, -0.1) is 0 Å². The molecule has 0 bridgehead atoms. The molecule has 1 saturated carbocycles. The molecule has 2 N–H and O–H groups in total. The Balaban J connectivity index is 1.96. The van der Waals surface area contributed by atoms with E-state index in [0.717, 1.165) is 12.8 Å². The lowest BCUT2D eigenvalue weighted by Gasteiger charge is -2.52. The maximum absolute atomic E-state index is 12.0. The van der Waals surface area contributed by atoms with Gasteiger partial charge in [0.1, 0.15) is 11.2 Å². The predicted molar refractivity (Wildman–Crippen MR) is 63.7 cm³/mol. The Morgan fingerprint density at radius 3 is 2.71 bits per heavy atom. The second kappa shape index (κ2) is 4.14. The normalized spacial score (nSPS) is 33.4. The highest BCUT2D eigenvalue weighted by Gasteiger charge is 2.50. The van der Waals surface area contributed by atoms with Gasteiger partial charge in [-0.3, -0.25) is 0 Å². The molecule has 1 spiro atoms. The van der Waals surface area contributed by atoms with E-state index >= 15 is 0 Å². The number of morpholine rings is 1. The number of ether oxygens (including phenoxy) is 2. The van der Waals surface area contributed by atoms with Crippen LogP contribution in [0.5, 0.6) is 0 Å². The molecule has 1 saturated heterocycles. The van der Waals surface area contributed by atoms with Gasteiger partial charge in [-0.05, 0) is 33.6 Å². The Hall–Kier alpha value is -0.810. The van der Waals surface area contributed by atoms with Gasteiger partial charge in [0.05, 0.1) is 13.2 Å². The van der Waals surface area contributed by atoms with Crippen LogP contribution in [0.25, 0.3) is 0 Å². The standard InChI is InChI=1S/C12H22N2O3/c1-11(2,3)17-10(15)14-6-7-16-12(8-14)5-4-9(12)13/h9H,4-8,13H2,1-3H3. The number of nitrogens with two attached hydrogens (primary N) is 1. The van der Waals surface area contributed by atoms with E-state index in [2.05, 4.69) is 0 Å². The molecular weight excluding hydrogens is 220 g/mol. The summed E-state index contributed by atoms with van der Waals surface area (Å²) in [6.07, 6.45) is 1.65. The van der Waals surface area contributed by atoms with Crippen molar-refractivity contribution < 1.29 is 14.3 Å². The number of hydrogen-bond acceptors (Lipinski definition) is 4. The fourth-order valence-electron chi connectivity index (χ4n) is 2.30. The molecule has 0 aromatic rings. The van der Waals surface area contributed by atoms with Crippen LogP contribution in [-0.2, 0) is 9.47 Å². The lowest BCUT2D eigenvalue weighted by atomic mass is 9.74. The molecule has 2 fully saturated rings. The number of hydrogen-bond donors (Lipinski definition) is 1. The third-order valence-corrected chi connectivity index (χ3v) is 3.42. The van der Waals surface area contributed by atoms with Crippen molar-refractivity contribution in [1.29, 1.82) is 0 Å². The SMILES string of the molecule is CC(C)(C)OC(=O)N1CCOC2(CCC2N)C1. The van der Waals surface area contributed by atoms with Crippen LogP contribution in [0, 0.1) is 0 Å². The molecule has 1 heterocycles. The average molecular weight is 242 g/mol. The van der Waals surface area contributed by atoms with E-state index in [1.165, 1.54) is 0 Å². The van der Waals surface area contributed by atoms with Gasteiger partial charge in [0, 0.05) is 12.6 Å². The lowest BCUT2D eigenvalue weighted by Crippen LogP contribution is -2.67. The summed E-state index contributed by atoms with van der Waals surface area (Å²) in [4.78, 5) is 13.7. The van der Waals surface area contributed by atoms with E-state index < -0.39 is 5.60 Å². The molecule has 17 heavy (non-hydrogen) atoms. The summed E-state index contributed by atoms with van der Waals surface area (Å²) in [6, 6.07) is 0.0488. The van der Waals surface area contributed by atoms with Gasteiger partial charge in [-0.25, -0.2) is 4.79 Å². The monoisotopic (exact) mass is 242 g/mol. The van der Waals surface area contributed by atoms with Crippen molar-refractivity contribution >= 4 is 6.09 Å². The quantitative estimate of drug-likeness (QED) is 0.691. The van der Waals surface area contributed by atoms with E-state index in [9.17, 15) is 4.79 Å². The van der Waals surface area contributed by atoms with Crippen LogP contribution in [-0.4, -0.2) is 47.9 Å². The van der Waals surface area contributed by atoms with Crippen LogP contribution >= 0.6 is 0 Å². The second-order valence-corrected chi connectivity index (χ2v) is 5.96. The number of nitrogens with zero attached hydrogens (tertiary/aromatic N) is 1. The van der Waals surface area contributed by atoms with Gasteiger partial charge in [-0.2, -0.15) is 0 Å². The molecule has 5 nitrogen and oxygen atoms in total. The second-order valence-electron chi connectivity index (χ2n) is 5.96. The Labute approximate surface area is 102 Å². The van der Waals surface area contributed by atoms with Gasteiger partial charge in [0.2, 0.25) is 0 Å². The maximum atomic E-state index is 12.0. The molecule has 0 aromatic carbocycles. The molecule has 1 aliphatic heterocycles. The molecule has 1 amide bonds. The molecule has 2 unspecified atom stereocenters. The van der Waals surface area contributed by atoms with Crippen molar-refractivity contribution in [3.05, 3.63) is 0 Å². The van der Waals surface area contributed by atoms with Gasteiger partial charge in [0.15, 0.2) is 0 Å². The Bertz CT molecular complexity index is 313. The molecule has 1 aliphatic carbocycles. The first-order valence-electron chi connectivity index (χ1n) is 6.20. The Kier molecular flexibility index (Phi) is 3.08. The van der Waals surface area contributed by atoms with Gasteiger partial charge < -0.3 is 20.1 Å². The summed E-state index contributed by atoms with van der Waals surface area (Å²) in [5.74, 6) is 0. The minimum atomic E-state index is -0.454. The lowest BCUT2D eigenvalue weighted by molar-refractivity contribution is -0.159. The summed E-state index contributed by atoms with van der Waals surface area (Å²) < 4.78 is 11.1. The summed E-state index contributed by atoms with van der Waals surface area (Å²) in [5, 5.41) is 0. The van der Waals surface area contributed by atoms with Crippen LogP contribution in [0.4, 0.5) is 4.79 Å². The molecule has 2 aliphatic rings. The molecule has 0 aromatic heterocycles. The van der Waals surface area contributed by atoms with Crippen molar-refractivity contribution in [2.75, 3.05) is 19.7 Å². The first kappa shape index (κ1) is 12.6. The van der Waals surface area contributed by atoms with E-state index in [1.54, 1.807) is 4.90 Å². The third-order valence-electron chi connectivity index (χ3n) is 3.42. The number of rotatable bonds is 0. The van der Waals surface area contributed by atoms with Crippen molar-refractivity contribution in [3.8, 4) is 0 Å². The van der Waals surface area contributed by atoms with Crippen LogP contribution in [0.1, 0.15) is 33.6 Å². The van der Waals surface area contributed by atoms with E-state index in [-0.39, 0.29) is 17.7 Å². The predicted octanol–water partition coefficient (Wildman–Crippen LogP) is 1.11. The molecule has 5 heteroatoms. The van der Waals surface area contributed by atoms with Crippen LogP contribution in [0.3, 0.4) is 0 Å². The molecule has 0 radical (unpaired) electrons. The molecule has 98 valence electrons. The number of amides is 1. The van der Waals surface area contributed by atoms with Gasteiger partial charge in [-0.1, -0.05) is 0 Å². The van der Waals surface area contributed by atoms with Crippen LogP contribution < -0.4 is 5.73 Å². The largest absolute Gasteiger partial charge is 0.444 e. The molecular formula is C12H22N2O3. The average Bonchev–Trinajstić information content (AvgIpc) is 2.25.